The lowest BCUT2D eigenvalue weighted by Crippen LogP contribution is -2.24. The number of fused-ring (bicyclic) bond motifs is 2. The van der Waals surface area contributed by atoms with Gasteiger partial charge in [0, 0.05) is 10.8 Å². The van der Waals surface area contributed by atoms with Gasteiger partial charge in [-0.3, -0.25) is 0 Å². The monoisotopic (exact) mass is 448 g/mol. The number of hydrogen-bond acceptors (Lipinski definition) is 4. The van der Waals surface area contributed by atoms with Crippen molar-refractivity contribution in [2.45, 2.75) is 38.8 Å². The van der Waals surface area contributed by atoms with Crippen molar-refractivity contribution in [1.82, 2.24) is 0 Å². The number of rotatable bonds is 4. The minimum Gasteiger partial charge on any atom is -0.218 e. The van der Waals surface area contributed by atoms with E-state index in [1.807, 2.05) is 6.92 Å². The third-order valence-electron chi connectivity index (χ3n) is 5.91. The highest BCUT2D eigenvalue weighted by molar-refractivity contribution is 7.92. The summed E-state index contributed by atoms with van der Waals surface area (Å²) in [4.78, 5) is 0.880. The van der Waals surface area contributed by atoms with Crippen LogP contribution in [0.3, 0.4) is 0 Å². The molecule has 1 atom stereocenters. The van der Waals surface area contributed by atoms with Crippen molar-refractivity contribution in [3.8, 4) is 0 Å². The first-order valence-electron chi connectivity index (χ1n) is 10.0. The van der Waals surface area contributed by atoms with Crippen molar-refractivity contribution >= 4 is 30.4 Å². The molecule has 0 saturated carbocycles. The maximum Gasteiger partial charge on any atom is 0.207 e. The van der Waals surface area contributed by atoms with Crippen molar-refractivity contribution < 1.29 is 16.8 Å². The molecule has 0 aromatic heterocycles. The van der Waals surface area contributed by atoms with Gasteiger partial charge in [0.25, 0.3) is 0 Å². The number of hydrogen-bond donors (Lipinski definition) is 0. The highest BCUT2D eigenvalue weighted by Gasteiger charge is 2.39. The first kappa shape index (κ1) is 20.0. The molecule has 0 aliphatic heterocycles. The molecule has 0 spiro atoms. The van der Waals surface area contributed by atoms with Crippen LogP contribution in [0, 0.1) is 0 Å². The van der Waals surface area contributed by atoms with Gasteiger partial charge in [-0.25, -0.2) is 16.8 Å². The fourth-order valence-corrected chi connectivity index (χ4v) is 8.05. The second-order valence-corrected chi connectivity index (χ2v) is 11.6. The molecule has 1 aliphatic carbocycles. The van der Waals surface area contributed by atoms with Crippen molar-refractivity contribution in [2.75, 3.05) is 0 Å². The molecule has 1 unspecified atom stereocenters. The second-order valence-electron chi connectivity index (χ2n) is 7.83. The van der Waals surface area contributed by atoms with Crippen LogP contribution in [0.1, 0.15) is 24.0 Å². The van der Waals surface area contributed by atoms with Crippen LogP contribution >= 0.6 is 0 Å². The SMILES string of the molecule is CC1Cc2c1c(S(=O)(=O)c1ccccc1)c1ccccc1c2S(=O)(=O)c1ccccc1. The molecule has 4 aromatic carbocycles. The van der Waals surface area contributed by atoms with E-state index in [0.29, 0.717) is 28.3 Å². The molecule has 4 aromatic rings. The molecular weight excluding hydrogens is 428 g/mol. The molecule has 6 heteroatoms. The summed E-state index contributed by atoms with van der Waals surface area (Å²) in [6, 6.07) is 23.5. The van der Waals surface area contributed by atoms with Crippen molar-refractivity contribution in [3.63, 3.8) is 0 Å². The summed E-state index contributed by atoms with van der Waals surface area (Å²) in [7, 11) is -7.63. The van der Waals surface area contributed by atoms with Crippen LogP contribution in [-0.4, -0.2) is 16.8 Å². The molecule has 4 nitrogen and oxygen atoms in total. The van der Waals surface area contributed by atoms with Crippen LogP contribution in [0.25, 0.3) is 10.8 Å². The molecule has 31 heavy (non-hydrogen) atoms. The number of sulfone groups is 2. The molecule has 5 rings (SSSR count). The van der Waals surface area contributed by atoms with Crippen molar-refractivity contribution in [3.05, 3.63) is 96.1 Å². The molecule has 1 aliphatic rings. The van der Waals surface area contributed by atoms with E-state index in [2.05, 4.69) is 0 Å². The van der Waals surface area contributed by atoms with Crippen LogP contribution in [0.5, 0.6) is 0 Å². The average molecular weight is 449 g/mol. The Morgan fingerprint density at radius 3 is 1.52 bits per heavy atom. The van der Waals surface area contributed by atoms with E-state index >= 15 is 0 Å². The third kappa shape index (κ3) is 2.93. The molecule has 156 valence electrons. The van der Waals surface area contributed by atoms with E-state index in [1.165, 1.54) is 0 Å². The van der Waals surface area contributed by atoms with Crippen molar-refractivity contribution in [1.29, 1.82) is 0 Å². The predicted octanol–water partition coefficient (Wildman–Crippen LogP) is 5.17. The Balaban J connectivity index is 1.91. The van der Waals surface area contributed by atoms with E-state index in [1.54, 1.807) is 84.9 Å². The van der Waals surface area contributed by atoms with Gasteiger partial charge in [-0.15, -0.1) is 0 Å². The lowest BCUT2D eigenvalue weighted by atomic mass is 9.77. The van der Waals surface area contributed by atoms with Crippen molar-refractivity contribution in [2.24, 2.45) is 0 Å². The maximum absolute atomic E-state index is 13.7. The molecule has 0 saturated heterocycles. The molecule has 0 bridgehead atoms. The first-order chi connectivity index (χ1) is 14.8. The Morgan fingerprint density at radius 1 is 0.613 bits per heavy atom. The topological polar surface area (TPSA) is 68.3 Å². The summed E-state index contributed by atoms with van der Waals surface area (Å²) in [6.07, 6.45) is 0.527. The van der Waals surface area contributed by atoms with E-state index in [-0.39, 0.29) is 25.5 Å². The highest BCUT2D eigenvalue weighted by Crippen LogP contribution is 2.49. The fourth-order valence-electron chi connectivity index (χ4n) is 4.48. The smallest absolute Gasteiger partial charge is 0.207 e. The van der Waals surface area contributed by atoms with Gasteiger partial charge in [-0.2, -0.15) is 0 Å². The summed E-state index contributed by atoms with van der Waals surface area (Å²) < 4.78 is 54.6. The predicted molar refractivity (Wildman–Crippen MR) is 120 cm³/mol. The van der Waals surface area contributed by atoms with Crippen LogP contribution in [0.4, 0.5) is 0 Å². The Hall–Kier alpha value is -2.96. The average Bonchev–Trinajstić information content (AvgIpc) is 2.78. The summed E-state index contributed by atoms with van der Waals surface area (Å²) in [5.74, 6) is -0.0437. The Kier molecular flexibility index (Phi) is 4.53. The van der Waals surface area contributed by atoms with E-state index in [0.717, 1.165) is 0 Å². The highest BCUT2D eigenvalue weighted by atomic mass is 32.2. The van der Waals surface area contributed by atoms with Crippen LogP contribution in [0.2, 0.25) is 0 Å². The van der Waals surface area contributed by atoms with Gasteiger partial charge in [-0.05, 0) is 47.7 Å². The standard InChI is InChI=1S/C25H20O4S2/c1-17-16-22-23(17)25(31(28,29)19-12-6-3-7-13-19)21-15-9-8-14-20(21)24(22)30(26,27)18-10-4-2-5-11-18/h2-15,17H,16H2,1H3. The minimum atomic E-state index is -3.82. The van der Waals surface area contributed by atoms with Gasteiger partial charge in [0.05, 0.1) is 19.6 Å². The summed E-state index contributed by atoms with van der Waals surface area (Å²) in [5, 5.41) is 0.901. The minimum absolute atomic E-state index is 0.0437. The normalized spacial score (nSPS) is 16.0. The molecule has 0 amide bonds. The zero-order chi connectivity index (χ0) is 21.8. The molecule has 0 radical (unpaired) electrons. The van der Waals surface area contributed by atoms with E-state index in [9.17, 15) is 16.8 Å². The Bertz CT molecular complexity index is 1520. The van der Waals surface area contributed by atoms with Crippen LogP contribution in [-0.2, 0) is 26.1 Å². The maximum atomic E-state index is 13.7. The van der Waals surface area contributed by atoms with Gasteiger partial charge in [0.1, 0.15) is 0 Å². The lowest BCUT2D eigenvalue weighted by molar-refractivity contribution is 0.575. The molecule has 0 heterocycles. The molecular formula is C25H20O4S2. The largest absolute Gasteiger partial charge is 0.218 e. The van der Waals surface area contributed by atoms with E-state index < -0.39 is 19.7 Å². The van der Waals surface area contributed by atoms with Gasteiger partial charge >= 0.3 is 0 Å². The van der Waals surface area contributed by atoms with Crippen LogP contribution in [0.15, 0.2) is 105 Å². The third-order valence-corrected chi connectivity index (χ3v) is 9.67. The summed E-state index contributed by atoms with van der Waals surface area (Å²) in [5.41, 5.74) is 1.24. The Morgan fingerprint density at radius 2 is 1.03 bits per heavy atom. The zero-order valence-electron chi connectivity index (χ0n) is 16.8. The quantitative estimate of drug-likeness (QED) is 0.432. The fraction of sp³-hybridized carbons (Fsp3) is 0.120. The lowest BCUT2D eigenvalue weighted by Gasteiger charge is -2.33. The van der Waals surface area contributed by atoms with Gasteiger partial charge in [0.2, 0.25) is 19.7 Å². The van der Waals surface area contributed by atoms with Gasteiger partial charge < -0.3 is 0 Å². The second kappa shape index (κ2) is 7.04. The first-order valence-corrected chi connectivity index (χ1v) is 13.0. The number of benzene rings is 4. The Labute approximate surface area is 182 Å². The molecule has 0 N–H and O–H groups in total. The van der Waals surface area contributed by atoms with Gasteiger partial charge in [-0.1, -0.05) is 67.6 Å². The van der Waals surface area contributed by atoms with E-state index in [4.69, 9.17) is 0 Å². The summed E-state index contributed by atoms with van der Waals surface area (Å²) >= 11 is 0. The van der Waals surface area contributed by atoms with Gasteiger partial charge in [0.15, 0.2) is 0 Å². The van der Waals surface area contributed by atoms with Crippen LogP contribution < -0.4 is 0 Å². The zero-order valence-corrected chi connectivity index (χ0v) is 18.4. The molecule has 0 fully saturated rings. The summed E-state index contributed by atoms with van der Waals surface area (Å²) in [6.45, 7) is 1.94.